The number of anilines is 1. The third kappa shape index (κ3) is 5.55. The van der Waals surface area contributed by atoms with Gasteiger partial charge in [0, 0.05) is 11.4 Å². The van der Waals surface area contributed by atoms with E-state index in [0.29, 0.717) is 12.3 Å². The van der Waals surface area contributed by atoms with Crippen LogP contribution in [-0.2, 0) is 9.53 Å². The van der Waals surface area contributed by atoms with Gasteiger partial charge in [0.2, 0.25) is 0 Å². The van der Waals surface area contributed by atoms with Crippen LogP contribution < -0.4 is 5.32 Å². The molecule has 2 unspecified atom stereocenters. The number of carbonyl (C=O) groups excluding carboxylic acids is 1. The van der Waals surface area contributed by atoms with Gasteiger partial charge in [0.15, 0.2) is 0 Å². The highest BCUT2D eigenvalue weighted by Crippen LogP contribution is 2.30. The predicted octanol–water partition coefficient (Wildman–Crippen LogP) is 5.81. The predicted molar refractivity (Wildman–Crippen MR) is 119 cm³/mol. The van der Waals surface area contributed by atoms with Crippen LogP contribution in [0.4, 0.5) is 11.4 Å². The Balaban J connectivity index is 2.04. The molecule has 1 N–H and O–H groups in total. The number of hydrogen-bond donors (Lipinski definition) is 1. The van der Waals surface area contributed by atoms with Crippen molar-refractivity contribution in [3.8, 4) is 0 Å². The number of carbonyl (C=O) groups is 1. The molecule has 4 heteroatoms. The third-order valence-electron chi connectivity index (χ3n) is 4.64. The maximum atomic E-state index is 13.0. The topological polar surface area (TPSA) is 50.7 Å². The number of rotatable bonds is 8. The number of esters is 1. The minimum atomic E-state index is -0.572. The number of nitrogens with one attached hydrogen (secondary N) is 1. The summed E-state index contributed by atoms with van der Waals surface area (Å²) in [6, 6.07) is 29.2. The summed E-state index contributed by atoms with van der Waals surface area (Å²) in [6.45, 7) is 4.03. The van der Waals surface area contributed by atoms with Gasteiger partial charge in [0.1, 0.15) is 5.92 Å². The van der Waals surface area contributed by atoms with Gasteiger partial charge in [-0.05, 0) is 43.7 Å². The molecule has 0 saturated heterocycles. The molecule has 0 fully saturated rings. The van der Waals surface area contributed by atoms with Gasteiger partial charge in [-0.15, -0.1) is 0 Å². The normalized spacial score (nSPS) is 13.4. The summed E-state index contributed by atoms with van der Waals surface area (Å²) in [6.07, 6.45) is 0. The van der Waals surface area contributed by atoms with Crippen molar-refractivity contribution in [1.29, 1.82) is 0 Å². The Hall–Kier alpha value is -3.40. The lowest BCUT2D eigenvalue weighted by Gasteiger charge is -2.28. The summed E-state index contributed by atoms with van der Waals surface area (Å²) in [4.78, 5) is 17.8. The Bertz CT molecular complexity index is 925. The van der Waals surface area contributed by atoms with E-state index in [1.165, 1.54) is 0 Å². The lowest BCUT2D eigenvalue weighted by molar-refractivity contribution is -0.146. The second kappa shape index (κ2) is 10.2. The van der Waals surface area contributed by atoms with Gasteiger partial charge < -0.3 is 10.1 Å². The first-order valence-corrected chi connectivity index (χ1v) is 9.82. The number of ether oxygens (including phenoxy) is 1. The maximum absolute atomic E-state index is 13.0. The van der Waals surface area contributed by atoms with Gasteiger partial charge in [-0.25, -0.2) is 0 Å². The molecule has 0 aliphatic heterocycles. The van der Waals surface area contributed by atoms with Crippen molar-refractivity contribution in [1.82, 2.24) is 0 Å². The number of para-hydroxylation sites is 2. The molecule has 0 aliphatic carbocycles. The monoisotopic (exact) mass is 386 g/mol. The fourth-order valence-electron chi connectivity index (χ4n) is 3.29. The minimum absolute atomic E-state index is 0.290. The first kappa shape index (κ1) is 20.3. The summed E-state index contributed by atoms with van der Waals surface area (Å²) in [5.41, 5.74) is 3.44. The molecular weight excluding hydrogens is 360 g/mol. The highest BCUT2D eigenvalue weighted by Gasteiger charge is 2.33. The molecule has 0 heterocycles. The molecule has 2 atom stereocenters. The molecule has 0 saturated carbocycles. The van der Waals surface area contributed by atoms with Crippen molar-refractivity contribution < 1.29 is 9.53 Å². The van der Waals surface area contributed by atoms with Crippen molar-refractivity contribution in [2.45, 2.75) is 19.9 Å². The number of hydrogen-bond acceptors (Lipinski definition) is 4. The first-order chi connectivity index (χ1) is 14.2. The number of benzene rings is 3. The highest BCUT2D eigenvalue weighted by atomic mass is 16.5. The second-order valence-electron chi connectivity index (χ2n) is 6.72. The van der Waals surface area contributed by atoms with Gasteiger partial charge in [-0.3, -0.25) is 9.79 Å². The van der Waals surface area contributed by atoms with Crippen molar-refractivity contribution in [3.05, 3.63) is 96.6 Å². The Labute approximate surface area is 172 Å². The van der Waals surface area contributed by atoms with Crippen LogP contribution in [-0.4, -0.2) is 18.3 Å². The van der Waals surface area contributed by atoms with Crippen LogP contribution in [0.2, 0.25) is 0 Å². The molecule has 0 bridgehead atoms. The Morgan fingerprint density at radius 2 is 1.45 bits per heavy atom. The Kier molecular flexibility index (Phi) is 7.17. The molecule has 3 aromatic carbocycles. The molecule has 0 spiro atoms. The molecule has 0 radical (unpaired) electrons. The van der Waals surface area contributed by atoms with E-state index >= 15 is 0 Å². The number of aliphatic imine (C=N–C) groups is 1. The lowest BCUT2D eigenvalue weighted by atomic mass is 9.89. The van der Waals surface area contributed by atoms with Gasteiger partial charge in [-0.1, -0.05) is 66.7 Å². The zero-order valence-electron chi connectivity index (χ0n) is 16.8. The zero-order valence-corrected chi connectivity index (χ0v) is 16.8. The standard InChI is InChI=1S/C25H26N2O2/c1-3-29-25(28)23(19(2)26-21-15-9-5-10-16-21)24(20-13-7-4-8-14-20)27-22-17-11-6-12-18-22/h4-18,23-24,27H,3H2,1-2H3. The van der Waals surface area contributed by atoms with Crippen LogP contribution in [0.3, 0.4) is 0 Å². The number of nitrogens with zero attached hydrogens (tertiary/aromatic N) is 1. The van der Waals surface area contributed by atoms with Crippen LogP contribution in [0.15, 0.2) is 96.0 Å². The van der Waals surface area contributed by atoms with Crippen molar-refractivity contribution in [2.24, 2.45) is 10.9 Å². The van der Waals surface area contributed by atoms with E-state index in [9.17, 15) is 4.79 Å². The molecular formula is C25H26N2O2. The average Bonchev–Trinajstić information content (AvgIpc) is 2.75. The van der Waals surface area contributed by atoms with Crippen molar-refractivity contribution in [3.63, 3.8) is 0 Å². The molecule has 148 valence electrons. The molecule has 4 nitrogen and oxygen atoms in total. The van der Waals surface area contributed by atoms with Crippen LogP contribution in [0.5, 0.6) is 0 Å². The van der Waals surface area contributed by atoms with E-state index in [2.05, 4.69) is 5.32 Å². The second-order valence-corrected chi connectivity index (χ2v) is 6.72. The van der Waals surface area contributed by atoms with Crippen LogP contribution in [0.25, 0.3) is 0 Å². The summed E-state index contributed by atoms with van der Waals surface area (Å²) in [5.74, 6) is -0.861. The van der Waals surface area contributed by atoms with Gasteiger partial charge >= 0.3 is 5.97 Å². The largest absolute Gasteiger partial charge is 0.465 e. The Morgan fingerprint density at radius 3 is 2.03 bits per heavy atom. The van der Waals surface area contributed by atoms with E-state index in [1.54, 1.807) is 0 Å². The van der Waals surface area contributed by atoms with Crippen molar-refractivity contribution in [2.75, 3.05) is 11.9 Å². The molecule has 3 rings (SSSR count). The van der Waals surface area contributed by atoms with E-state index in [0.717, 1.165) is 16.9 Å². The quantitative estimate of drug-likeness (QED) is 0.392. The maximum Gasteiger partial charge on any atom is 0.317 e. The van der Waals surface area contributed by atoms with Gasteiger partial charge in [-0.2, -0.15) is 0 Å². The van der Waals surface area contributed by atoms with Crippen LogP contribution in [0.1, 0.15) is 25.5 Å². The average molecular weight is 386 g/mol. The minimum Gasteiger partial charge on any atom is -0.465 e. The molecule has 3 aromatic rings. The highest BCUT2D eigenvalue weighted by molar-refractivity contribution is 6.03. The first-order valence-electron chi connectivity index (χ1n) is 9.82. The summed E-state index contributed by atoms with van der Waals surface area (Å²) >= 11 is 0. The zero-order chi connectivity index (χ0) is 20.5. The van der Waals surface area contributed by atoms with Crippen molar-refractivity contribution >= 4 is 23.1 Å². The van der Waals surface area contributed by atoms with Gasteiger partial charge in [0.25, 0.3) is 0 Å². The van der Waals surface area contributed by atoms with E-state index in [-0.39, 0.29) is 12.0 Å². The summed E-state index contributed by atoms with van der Waals surface area (Å²) in [5, 5.41) is 3.52. The van der Waals surface area contributed by atoms with Crippen LogP contribution in [0, 0.1) is 5.92 Å². The molecule has 29 heavy (non-hydrogen) atoms. The third-order valence-corrected chi connectivity index (χ3v) is 4.64. The Morgan fingerprint density at radius 1 is 0.897 bits per heavy atom. The van der Waals surface area contributed by atoms with E-state index in [4.69, 9.17) is 9.73 Å². The molecule has 0 amide bonds. The molecule has 0 aromatic heterocycles. The van der Waals surface area contributed by atoms with E-state index in [1.807, 2.05) is 105 Å². The SMILES string of the molecule is CCOC(=O)C(C(C)=Nc1ccccc1)C(Nc1ccccc1)c1ccccc1. The summed E-state index contributed by atoms with van der Waals surface area (Å²) < 4.78 is 5.44. The molecule has 0 aliphatic rings. The smallest absolute Gasteiger partial charge is 0.317 e. The van der Waals surface area contributed by atoms with Crippen LogP contribution >= 0.6 is 0 Å². The summed E-state index contributed by atoms with van der Waals surface area (Å²) in [7, 11) is 0. The lowest BCUT2D eigenvalue weighted by Crippen LogP contribution is -2.34. The van der Waals surface area contributed by atoms with E-state index < -0.39 is 5.92 Å². The van der Waals surface area contributed by atoms with Gasteiger partial charge in [0.05, 0.1) is 18.3 Å². The fraction of sp³-hybridized carbons (Fsp3) is 0.200. The fourth-order valence-corrected chi connectivity index (χ4v) is 3.29.